The first-order valence-corrected chi connectivity index (χ1v) is 4.78. The minimum atomic E-state index is -4.07. The van der Waals surface area contributed by atoms with E-state index < -0.39 is 12.6 Å². The molecule has 0 saturated heterocycles. The van der Waals surface area contributed by atoms with Crippen molar-refractivity contribution in [3.05, 3.63) is 35.6 Å². The van der Waals surface area contributed by atoms with Crippen molar-refractivity contribution in [2.45, 2.75) is 31.9 Å². The number of hydrogen-bond donors (Lipinski definition) is 0. The first kappa shape index (κ1) is 12.0. The first-order valence-electron chi connectivity index (χ1n) is 4.78. The van der Waals surface area contributed by atoms with Gasteiger partial charge in [0, 0.05) is 6.42 Å². The van der Waals surface area contributed by atoms with Crippen molar-refractivity contribution in [1.29, 1.82) is 0 Å². The number of aryl methyl sites for hydroxylation is 1. The van der Waals surface area contributed by atoms with E-state index in [1.165, 1.54) is 12.1 Å². The zero-order valence-corrected chi connectivity index (χ0v) is 8.15. The lowest BCUT2D eigenvalue weighted by molar-refractivity contribution is -0.135. The van der Waals surface area contributed by atoms with Crippen molar-refractivity contribution < 1.29 is 17.6 Å². The summed E-state index contributed by atoms with van der Waals surface area (Å²) in [6.45, 7) is 0. The van der Waals surface area contributed by atoms with Crippen LogP contribution in [0.5, 0.6) is 0 Å². The molecule has 0 aliphatic carbocycles. The van der Waals surface area contributed by atoms with Gasteiger partial charge in [-0.1, -0.05) is 12.1 Å². The van der Waals surface area contributed by atoms with Gasteiger partial charge in [0.25, 0.3) is 0 Å². The predicted octanol–water partition coefficient (Wildman–Crippen LogP) is 4.10. The fourth-order valence-electron chi connectivity index (χ4n) is 1.31. The van der Waals surface area contributed by atoms with Crippen LogP contribution < -0.4 is 0 Å². The third kappa shape index (κ3) is 5.40. The van der Waals surface area contributed by atoms with Gasteiger partial charge >= 0.3 is 6.18 Å². The summed E-state index contributed by atoms with van der Waals surface area (Å²) < 4.78 is 47.8. The Kier molecular flexibility index (Phi) is 4.12. The molecule has 0 saturated carbocycles. The summed E-state index contributed by atoms with van der Waals surface area (Å²) in [6.07, 6.45) is -3.64. The van der Waals surface area contributed by atoms with Crippen LogP contribution >= 0.6 is 0 Å². The molecule has 0 bridgehead atoms. The van der Waals surface area contributed by atoms with Gasteiger partial charge in [0.2, 0.25) is 0 Å². The van der Waals surface area contributed by atoms with Crippen LogP contribution in [0, 0.1) is 5.82 Å². The van der Waals surface area contributed by atoms with Gasteiger partial charge in [-0.15, -0.1) is 0 Å². The molecule has 0 unspecified atom stereocenters. The lowest BCUT2D eigenvalue weighted by atomic mass is 10.1. The SMILES string of the molecule is Fc1ccc(CCCCC(F)(F)F)cc1. The molecule has 0 aromatic heterocycles. The van der Waals surface area contributed by atoms with Gasteiger partial charge in [-0.3, -0.25) is 0 Å². The Morgan fingerprint density at radius 2 is 1.53 bits per heavy atom. The zero-order chi connectivity index (χ0) is 11.3. The number of hydrogen-bond acceptors (Lipinski definition) is 0. The Labute approximate surface area is 85.9 Å². The van der Waals surface area contributed by atoms with E-state index in [0.29, 0.717) is 12.8 Å². The van der Waals surface area contributed by atoms with Crippen LogP contribution in [0.25, 0.3) is 0 Å². The molecule has 84 valence electrons. The van der Waals surface area contributed by atoms with Crippen molar-refractivity contribution in [1.82, 2.24) is 0 Å². The largest absolute Gasteiger partial charge is 0.389 e. The maximum Gasteiger partial charge on any atom is 0.389 e. The highest BCUT2D eigenvalue weighted by molar-refractivity contribution is 5.15. The topological polar surface area (TPSA) is 0 Å². The Morgan fingerprint density at radius 1 is 0.933 bits per heavy atom. The summed E-state index contributed by atoms with van der Waals surface area (Å²) in [4.78, 5) is 0. The molecule has 0 fully saturated rings. The summed E-state index contributed by atoms with van der Waals surface area (Å²) in [6, 6.07) is 5.84. The quantitative estimate of drug-likeness (QED) is 0.529. The van der Waals surface area contributed by atoms with Gasteiger partial charge in [0.15, 0.2) is 0 Å². The van der Waals surface area contributed by atoms with Crippen molar-refractivity contribution in [2.75, 3.05) is 0 Å². The van der Waals surface area contributed by atoms with E-state index >= 15 is 0 Å². The molecule has 0 aliphatic rings. The van der Waals surface area contributed by atoms with Crippen LogP contribution in [0.15, 0.2) is 24.3 Å². The Morgan fingerprint density at radius 3 is 2.07 bits per heavy atom. The lowest BCUT2D eigenvalue weighted by Gasteiger charge is -2.05. The van der Waals surface area contributed by atoms with Crippen LogP contribution in [0.2, 0.25) is 0 Å². The minimum Gasteiger partial charge on any atom is -0.207 e. The second-order valence-electron chi connectivity index (χ2n) is 3.45. The van der Waals surface area contributed by atoms with Crippen molar-refractivity contribution in [3.63, 3.8) is 0 Å². The van der Waals surface area contributed by atoms with E-state index in [2.05, 4.69) is 0 Å². The van der Waals surface area contributed by atoms with Crippen LogP contribution in [-0.4, -0.2) is 6.18 Å². The second-order valence-corrected chi connectivity index (χ2v) is 3.45. The van der Waals surface area contributed by atoms with Crippen LogP contribution in [0.4, 0.5) is 17.6 Å². The molecule has 0 heterocycles. The molecule has 0 amide bonds. The molecule has 1 aromatic carbocycles. The number of unbranched alkanes of at least 4 members (excludes halogenated alkanes) is 1. The summed E-state index contributed by atoms with van der Waals surface area (Å²) in [7, 11) is 0. The molecule has 15 heavy (non-hydrogen) atoms. The Hall–Kier alpha value is -1.06. The van der Waals surface area contributed by atoms with E-state index in [0.717, 1.165) is 5.56 Å². The van der Waals surface area contributed by atoms with Gasteiger partial charge in [-0.2, -0.15) is 13.2 Å². The highest BCUT2D eigenvalue weighted by Crippen LogP contribution is 2.22. The van der Waals surface area contributed by atoms with Crippen LogP contribution in [0.1, 0.15) is 24.8 Å². The molecule has 0 spiro atoms. The summed E-state index contributed by atoms with van der Waals surface area (Å²) in [5.41, 5.74) is 0.874. The molecular weight excluding hydrogens is 208 g/mol. The van der Waals surface area contributed by atoms with Gasteiger partial charge < -0.3 is 0 Å². The van der Waals surface area contributed by atoms with Crippen LogP contribution in [0.3, 0.4) is 0 Å². The van der Waals surface area contributed by atoms with E-state index in [9.17, 15) is 17.6 Å². The minimum absolute atomic E-state index is 0.126. The van der Waals surface area contributed by atoms with Gasteiger partial charge in [-0.05, 0) is 37.0 Å². The Balaban J connectivity index is 2.23. The Bertz CT molecular complexity index is 286. The van der Waals surface area contributed by atoms with Gasteiger partial charge in [0.05, 0.1) is 0 Å². The lowest BCUT2D eigenvalue weighted by Crippen LogP contribution is -2.06. The second kappa shape index (κ2) is 5.14. The molecule has 1 aromatic rings. The highest BCUT2D eigenvalue weighted by atomic mass is 19.4. The molecule has 0 radical (unpaired) electrons. The van der Waals surface area contributed by atoms with E-state index in [-0.39, 0.29) is 12.2 Å². The highest BCUT2D eigenvalue weighted by Gasteiger charge is 2.25. The third-order valence-electron chi connectivity index (χ3n) is 2.09. The number of alkyl halides is 3. The number of halogens is 4. The van der Waals surface area contributed by atoms with Crippen molar-refractivity contribution in [3.8, 4) is 0 Å². The molecule has 0 nitrogen and oxygen atoms in total. The molecule has 4 heteroatoms. The van der Waals surface area contributed by atoms with Gasteiger partial charge in [0.1, 0.15) is 5.82 Å². The number of benzene rings is 1. The average Bonchev–Trinajstić information content (AvgIpc) is 2.14. The molecule has 0 aliphatic heterocycles. The fraction of sp³-hybridized carbons (Fsp3) is 0.455. The predicted molar refractivity (Wildman–Crippen MR) is 50.0 cm³/mol. The van der Waals surface area contributed by atoms with E-state index in [4.69, 9.17) is 0 Å². The molecule has 0 N–H and O–H groups in total. The number of rotatable bonds is 4. The maximum absolute atomic E-state index is 12.5. The summed E-state index contributed by atoms with van der Waals surface area (Å²) in [5, 5.41) is 0. The molecular formula is C11H12F4. The normalized spacial score (nSPS) is 11.7. The first-order chi connectivity index (χ1) is 6.97. The third-order valence-corrected chi connectivity index (χ3v) is 2.09. The molecule has 1 rings (SSSR count). The zero-order valence-electron chi connectivity index (χ0n) is 8.15. The summed E-state index contributed by atoms with van der Waals surface area (Å²) in [5.74, 6) is -0.325. The average molecular weight is 220 g/mol. The molecule has 0 atom stereocenters. The van der Waals surface area contributed by atoms with E-state index in [1.807, 2.05) is 0 Å². The van der Waals surface area contributed by atoms with E-state index in [1.54, 1.807) is 12.1 Å². The standard InChI is InChI=1S/C11H12F4/c12-10-6-4-9(5-7-10)3-1-2-8-11(13,14)15/h4-7H,1-3,8H2. The van der Waals surface area contributed by atoms with Crippen molar-refractivity contribution >= 4 is 0 Å². The smallest absolute Gasteiger partial charge is 0.207 e. The monoisotopic (exact) mass is 220 g/mol. The van der Waals surface area contributed by atoms with Crippen LogP contribution in [-0.2, 0) is 6.42 Å². The fourth-order valence-corrected chi connectivity index (χ4v) is 1.31. The van der Waals surface area contributed by atoms with Gasteiger partial charge in [-0.25, -0.2) is 4.39 Å². The maximum atomic E-state index is 12.5. The van der Waals surface area contributed by atoms with Crippen molar-refractivity contribution in [2.24, 2.45) is 0 Å². The summed E-state index contributed by atoms with van der Waals surface area (Å²) >= 11 is 0.